The molecular weight excluding hydrogens is 456 g/mol. The van der Waals surface area contributed by atoms with Crippen molar-refractivity contribution in [2.24, 2.45) is 0 Å². The van der Waals surface area contributed by atoms with Crippen LogP contribution in [0.25, 0.3) is 11.0 Å². The molecule has 0 aliphatic carbocycles. The van der Waals surface area contributed by atoms with E-state index in [4.69, 9.17) is 20.8 Å². The molecular formula is C26H27ClN2O5. The van der Waals surface area contributed by atoms with Crippen molar-refractivity contribution in [2.75, 3.05) is 33.3 Å². The molecule has 1 aromatic heterocycles. The van der Waals surface area contributed by atoms with Crippen molar-refractivity contribution in [1.82, 2.24) is 9.80 Å². The number of carbonyl (C=O) groups excluding carboxylic acids is 2. The molecule has 0 fully saturated rings. The van der Waals surface area contributed by atoms with E-state index in [0.717, 1.165) is 18.7 Å². The lowest BCUT2D eigenvalue weighted by molar-refractivity contribution is 0.0599. The zero-order valence-electron chi connectivity index (χ0n) is 19.7. The van der Waals surface area contributed by atoms with Crippen LogP contribution in [0.2, 0.25) is 5.02 Å². The third kappa shape index (κ3) is 4.10. The summed E-state index contributed by atoms with van der Waals surface area (Å²) in [5.41, 5.74) is 2.21. The van der Waals surface area contributed by atoms with Gasteiger partial charge in [0.1, 0.15) is 5.58 Å². The summed E-state index contributed by atoms with van der Waals surface area (Å²) in [7, 11) is 1.32. The molecule has 0 saturated carbocycles. The third-order valence-electron chi connectivity index (χ3n) is 6.45. The lowest BCUT2D eigenvalue weighted by Crippen LogP contribution is -2.37. The van der Waals surface area contributed by atoms with Gasteiger partial charge in [-0.05, 0) is 55.4 Å². The van der Waals surface area contributed by atoms with Gasteiger partial charge in [0.25, 0.3) is 5.91 Å². The minimum atomic E-state index is -0.634. The fourth-order valence-corrected chi connectivity index (χ4v) is 4.59. The molecule has 1 atom stereocenters. The summed E-state index contributed by atoms with van der Waals surface area (Å²) < 4.78 is 10.8. The molecule has 0 N–H and O–H groups in total. The topological polar surface area (TPSA) is 80.1 Å². The van der Waals surface area contributed by atoms with Crippen molar-refractivity contribution in [2.45, 2.75) is 26.8 Å². The second-order valence-corrected chi connectivity index (χ2v) is 8.72. The van der Waals surface area contributed by atoms with Crippen LogP contribution in [0, 0.1) is 6.92 Å². The second-order valence-electron chi connectivity index (χ2n) is 8.31. The highest BCUT2D eigenvalue weighted by Gasteiger charge is 2.42. The van der Waals surface area contributed by atoms with Crippen LogP contribution in [-0.4, -0.2) is 55.0 Å². The Bertz CT molecular complexity index is 1310. The molecule has 178 valence electrons. The van der Waals surface area contributed by atoms with Gasteiger partial charge >= 0.3 is 5.97 Å². The smallest absolute Gasteiger partial charge is 0.337 e. The Kier molecular flexibility index (Phi) is 6.77. The number of nitrogens with zero attached hydrogens (tertiary/aromatic N) is 2. The first-order chi connectivity index (χ1) is 16.3. The van der Waals surface area contributed by atoms with Crippen molar-refractivity contribution in [3.8, 4) is 0 Å². The van der Waals surface area contributed by atoms with E-state index in [2.05, 4.69) is 18.7 Å². The van der Waals surface area contributed by atoms with Crippen molar-refractivity contribution >= 4 is 34.4 Å². The summed E-state index contributed by atoms with van der Waals surface area (Å²) in [5.74, 6) is -0.722. The van der Waals surface area contributed by atoms with Crippen LogP contribution in [0.15, 0.2) is 45.6 Å². The Morgan fingerprint density at radius 2 is 1.82 bits per heavy atom. The number of likely N-dealkylation sites (N-methyl/N-ethyl adjacent to an activating group) is 1. The van der Waals surface area contributed by atoms with Crippen molar-refractivity contribution in [3.63, 3.8) is 0 Å². The molecule has 1 aliphatic rings. The van der Waals surface area contributed by atoms with E-state index in [-0.39, 0.29) is 17.1 Å². The molecule has 0 radical (unpaired) electrons. The number of fused-ring (bicyclic) bond motifs is 2. The first-order valence-corrected chi connectivity index (χ1v) is 11.7. The number of benzene rings is 2. The van der Waals surface area contributed by atoms with Gasteiger partial charge in [0.05, 0.1) is 29.7 Å². The summed E-state index contributed by atoms with van der Waals surface area (Å²) in [4.78, 5) is 42.9. The van der Waals surface area contributed by atoms with Crippen molar-refractivity contribution < 1.29 is 18.7 Å². The Morgan fingerprint density at radius 3 is 2.44 bits per heavy atom. The number of carbonyl (C=O) groups is 2. The highest BCUT2D eigenvalue weighted by Crippen LogP contribution is 2.38. The zero-order valence-corrected chi connectivity index (χ0v) is 20.4. The minimum Gasteiger partial charge on any atom is -0.465 e. The molecule has 1 amide bonds. The van der Waals surface area contributed by atoms with Crippen LogP contribution < -0.4 is 5.43 Å². The average molecular weight is 483 g/mol. The quantitative estimate of drug-likeness (QED) is 0.463. The summed E-state index contributed by atoms with van der Waals surface area (Å²) in [6.07, 6.45) is 0. The van der Waals surface area contributed by atoms with E-state index in [1.54, 1.807) is 41.3 Å². The molecule has 7 nitrogen and oxygen atoms in total. The Morgan fingerprint density at radius 1 is 1.15 bits per heavy atom. The van der Waals surface area contributed by atoms with Crippen LogP contribution >= 0.6 is 11.6 Å². The van der Waals surface area contributed by atoms with E-state index in [0.29, 0.717) is 45.8 Å². The largest absolute Gasteiger partial charge is 0.465 e. The molecule has 2 aromatic carbocycles. The number of hydrogen-bond donors (Lipinski definition) is 0. The van der Waals surface area contributed by atoms with Gasteiger partial charge in [-0.1, -0.05) is 37.6 Å². The number of halogens is 1. The van der Waals surface area contributed by atoms with Gasteiger partial charge in [0.15, 0.2) is 5.43 Å². The Labute approximate surface area is 202 Å². The lowest BCUT2D eigenvalue weighted by Gasteiger charge is -2.28. The number of amides is 1. The lowest BCUT2D eigenvalue weighted by atomic mass is 9.97. The van der Waals surface area contributed by atoms with Gasteiger partial charge in [-0.25, -0.2) is 4.79 Å². The molecule has 0 saturated heterocycles. The monoisotopic (exact) mass is 482 g/mol. The minimum absolute atomic E-state index is 0.0563. The SMILES string of the molecule is CCN(CC)CCN1C(=O)c2oc3cc(C)c(Cl)cc3c(=O)c2C1c1ccc(C(=O)OC)cc1. The summed E-state index contributed by atoms with van der Waals surface area (Å²) in [5, 5.41) is 0.797. The molecule has 4 rings (SSSR count). The average Bonchev–Trinajstić information content (AvgIpc) is 3.12. The molecule has 1 aliphatic heterocycles. The van der Waals surface area contributed by atoms with Gasteiger partial charge in [0, 0.05) is 18.1 Å². The van der Waals surface area contributed by atoms with Crippen LogP contribution in [0.4, 0.5) is 0 Å². The van der Waals surface area contributed by atoms with E-state index in [9.17, 15) is 14.4 Å². The number of ether oxygens (including phenoxy) is 1. The predicted molar refractivity (Wildman–Crippen MR) is 131 cm³/mol. The fraction of sp³-hybridized carbons (Fsp3) is 0.346. The van der Waals surface area contributed by atoms with E-state index < -0.39 is 12.0 Å². The number of rotatable bonds is 7. The highest BCUT2D eigenvalue weighted by molar-refractivity contribution is 6.32. The van der Waals surface area contributed by atoms with E-state index in [1.807, 2.05) is 6.92 Å². The normalized spacial score (nSPS) is 15.3. The molecule has 3 aromatic rings. The number of esters is 1. The van der Waals surface area contributed by atoms with Crippen molar-refractivity contribution in [1.29, 1.82) is 0 Å². The van der Waals surface area contributed by atoms with Crippen LogP contribution in [-0.2, 0) is 4.74 Å². The Hall–Kier alpha value is -3.16. The predicted octanol–water partition coefficient (Wildman–Crippen LogP) is 4.43. The second kappa shape index (κ2) is 9.60. The van der Waals surface area contributed by atoms with Crippen LogP contribution in [0.5, 0.6) is 0 Å². The molecule has 0 bridgehead atoms. The first-order valence-electron chi connectivity index (χ1n) is 11.3. The van der Waals surface area contributed by atoms with E-state index in [1.165, 1.54) is 7.11 Å². The van der Waals surface area contributed by atoms with E-state index >= 15 is 0 Å². The Balaban J connectivity index is 1.87. The standard InChI is InChI=1S/C26H27ClN2O5/c1-5-28(6-2)11-12-29-22(16-7-9-17(10-8-16)26(32)33-4)21-23(30)18-14-19(27)15(3)13-20(18)34-24(21)25(29)31/h7-10,13-14,22H,5-6,11-12H2,1-4H3. The van der Waals surface area contributed by atoms with Crippen LogP contribution in [0.1, 0.15) is 57.5 Å². The molecule has 8 heteroatoms. The van der Waals surface area contributed by atoms with Gasteiger partial charge in [0.2, 0.25) is 5.76 Å². The number of aryl methyl sites for hydroxylation is 1. The van der Waals surface area contributed by atoms with Crippen molar-refractivity contribution in [3.05, 3.63) is 79.7 Å². The zero-order chi connectivity index (χ0) is 24.6. The number of hydrogen-bond acceptors (Lipinski definition) is 6. The third-order valence-corrected chi connectivity index (χ3v) is 6.85. The molecule has 2 heterocycles. The summed E-state index contributed by atoms with van der Waals surface area (Å²) in [6, 6.07) is 9.41. The number of methoxy groups -OCH3 is 1. The van der Waals surface area contributed by atoms with Gasteiger partial charge in [-0.2, -0.15) is 0 Å². The molecule has 1 unspecified atom stereocenters. The van der Waals surface area contributed by atoms with Gasteiger partial charge in [-0.15, -0.1) is 0 Å². The maximum atomic E-state index is 13.6. The fourth-order valence-electron chi connectivity index (χ4n) is 4.43. The first kappa shape index (κ1) is 24.0. The molecule has 34 heavy (non-hydrogen) atoms. The van der Waals surface area contributed by atoms with Gasteiger partial charge < -0.3 is 19.0 Å². The van der Waals surface area contributed by atoms with Gasteiger partial charge in [-0.3, -0.25) is 9.59 Å². The highest BCUT2D eigenvalue weighted by atomic mass is 35.5. The summed E-state index contributed by atoms with van der Waals surface area (Å²) >= 11 is 6.29. The van der Waals surface area contributed by atoms with Crippen LogP contribution in [0.3, 0.4) is 0 Å². The maximum absolute atomic E-state index is 13.6. The summed E-state index contributed by atoms with van der Waals surface area (Å²) in [6.45, 7) is 8.73. The molecule has 0 spiro atoms. The maximum Gasteiger partial charge on any atom is 0.337 e.